The van der Waals surface area contributed by atoms with Crippen molar-refractivity contribution in [1.82, 2.24) is 10.4 Å². The van der Waals surface area contributed by atoms with Crippen molar-refractivity contribution in [1.29, 1.82) is 0 Å². The van der Waals surface area contributed by atoms with Gasteiger partial charge in [0.1, 0.15) is 6.54 Å². The van der Waals surface area contributed by atoms with Crippen molar-refractivity contribution in [2.24, 2.45) is 10.8 Å². The molecule has 2 aliphatic heterocycles. The maximum atomic E-state index is 12.9. The molecule has 0 spiro atoms. The monoisotopic (exact) mass is 437 g/mol. The average molecular weight is 438 g/mol. The summed E-state index contributed by atoms with van der Waals surface area (Å²) in [6, 6.07) is 4.06. The van der Waals surface area contributed by atoms with Crippen molar-refractivity contribution in [3.05, 3.63) is 40.2 Å². The molecule has 4 rings (SSSR count). The summed E-state index contributed by atoms with van der Waals surface area (Å²) >= 11 is 0. The molecule has 0 atom stereocenters. The summed E-state index contributed by atoms with van der Waals surface area (Å²) in [6.07, 6.45) is 5.98. The molecule has 0 saturated carbocycles. The molecule has 172 valence electrons. The summed E-state index contributed by atoms with van der Waals surface area (Å²) in [5, 5.41) is 5.44. The van der Waals surface area contributed by atoms with E-state index >= 15 is 0 Å². The minimum absolute atomic E-state index is 0.0999. The number of nitrogens with zero attached hydrogens (tertiary/aromatic N) is 2. The third-order valence-electron chi connectivity index (χ3n) is 6.16. The SMILES string of the molecule is C/C1=C(/C)N/N=C/c2[nH]c3cc4c(cc3c2CCC1)N(CC(N)=O)C(=O)C4(C)C.CCC. The number of hydrogen-bond donors (Lipinski definition) is 3. The fraction of sp³-hybridized carbons (Fsp3) is 0.480. The Bertz CT molecular complexity index is 1110. The Morgan fingerprint density at radius 3 is 2.56 bits per heavy atom. The number of carbonyl (C=O) groups is 2. The number of hydrazone groups is 1. The van der Waals surface area contributed by atoms with Crippen LogP contribution in [-0.4, -0.2) is 29.6 Å². The van der Waals surface area contributed by atoms with E-state index in [1.807, 2.05) is 39.1 Å². The van der Waals surface area contributed by atoms with Gasteiger partial charge in [-0.25, -0.2) is 0 Å². The number of rotatable bonds is 2. The van der Waals surface area contributed by atoms with E-state index in [1.54, 1.807) is 0 Å². The van der Waals surface area contributed by atoms with Crippen LogP contribution in [0, 0.1) is 0 Å². The maximum absolute atomic E-state index is 12.9. The third-order valence-corrected chi connectivity index (χ3v) is 6.16. The first-order chi connectivity index (χ1) is 15.1. The van der Waals surface area contributed by atoms with Crippen LogP contribution in [-0.2, 0) is 21.4 Å². The van der Waals surface area contributed by atoms with Crippen molar-refractivity contribution in [3.63, 3.8) is 0 Å². The van der Waals surface area contributed by atoms with Crippen LogP contribution in [0.4, 0.5) is 5.69 Å². The van der Waals surface area contributed by atoms with Gasteiger partial charge in [-0.05, 0) is 70.2 Å². The fourth-order valence-electron chi connectivity index (χ4n) is 4.29. The summed E-state index contributed by atoms with van der Waals surface area (Å²) in [5.41, 5.74) is 15.0. The number of amides is 2. The lowest BCUT2D eigenvalue weighted by Gasteiger charge is -2.18. The molecule has 0 aliphatic carbocycles. The molecule has 0 fully saturated rings. The van der Waals surface area contributed by atoms with Gasteiger partial charge in [-0.1, -0.05) is 25.8 Å². The summed E-state index contributed by atoms with van der Waals surface area (Å²) in [6.45, 7) is 12.1. The van der Waals surface area contributed by atoms with Gasteiger partial charge in [-0.2, -0.15) is 5.10 Å². The van der Waals surface area contributed by atoms with Crippen molar-refractivity contribution in [3.8, 4) is 0 Å². The lowest BCUT2D eigenvalue weighted by atomic mass is 9.85. The molecule has 0 radical (unpaired) electrons. The zero-order valence-corrected chi connectivity index (χ0v) is 20.1. The third kappa shape index (κ3) is 4.29. The van der Waals surface area contributed by atoms with Gasteiger partial charge in [-0.15, -0.1) is 0 Å². The van der Waals surface area contributed by atoms with Crippen LogP contribution in [0.2, 0.25) is 0 Å². The summed E-state index contributed by atoms with van der Waals surface area (Å²) in [5.74, 6) is -0.618. The topological polar surface area (TPSA) is 104 Å². The molecule has 1 aromatic heterocycles. The van der Waals surface area contributed by atoms with Crippen molar-refractivity contribution < 1.29 is 9.59 Å². The van der Waals surface area contributed by atoms with Gasteiger partial charge in [0.15, 0.2) is 0 Å². The Hall–Kier alpha value is -3.09. The molecule has 0 bridgehead atoms. The number of allylic oxidation sites excluding steroid dienone is 2. The minimum atomic E-state index is -0.707. The Morgan fingerprint density at radius 2 is 1.91 bits per heavy atom. The van der Waals surface area contributed by atoms with E-state index in [9.17, 15) is 9.59 Å². The minimum Gasteiger partial charge on any atom is -0.368 e. The molecule has 4 N–H and O–H groups in total. The first kappa shape index (κ1) is 23.6. The number of primary amides is 1. The highest BCUT2D eigenvalue weighted by atomic mass is 16.2. The van der Waals surface area contributed by atoms with Crippen molar-refractivity contribution in [2.45, 2.75) is 72.6 Å². The van der Waals surface area contributed by atoms with Crippen LogP contribution in [0.15, 0.2) is 28.5 Å². The predicted octanol–water partition coefficient (Wildman–Crippen LogP) is 4.25. The smallest absolute Gasteiger partial charge is 0.237 e. The highest BCUT2D eigenvalue weighted by Crippen LogP contribution is 2.44. The number of aryl methyl sites for hydroxylation is 1. The molecule has 2 aromatic rings. The Labute approximate surface area is 190 Å². The Morgan fingerprint density at radius 1 is 1.22 bits per heavy atom. The normalized spacial score (nSPS) is 20.7. The molecule has 1 aromatic carbocycles. The number of fused-ring (bicyclic) bond motifs is 4. The Kier molecular flexibility index (Phi) is 6.77. The number of aromatic amines is 1. The lowest BCUT2D eigenvalue weighted by Crippen LogP contribution is -2.41. The molecular weight excluding hydrogens is 402 g/mol. The lowest BCUT2D eigenvalue weighted by molar-refractivity contribution is -0.124. The number of H-pyrrole nitrogens is 1. The second-order valence-corrected chi connectivity index (χ2v) is 9.25. The molecule has 7 heteroatoms. The van der Waals surface area contributed by atoms with Gasteiger partial charge in [0, 0.05) is 22.3 Å². The predicted molar refractivity (Wildman–Crippen MR) is 131 cm³/mol. The zero-order valence-electron chi connectivity index (χ0n) is 20.1. The van der Waals surface area contributed by atoms with Gasteiger partial charge in [0.05, 0.1) is 17.3 Å². The van der Waals surface area contributed by atoms with Gasteiger partial charge in [0.25, 0.3) is 0 Å². The van der Waals surface area contributed by atoms with Crippen LogP contribution in [0.3, 0.4) is 0 Å². The number of anilines is 1. The molecule has 32 heavy (non-hydrogen) atoms. The number of nitrogens with two attached hydrogens (primary N) is 1. The van der Waals surface area contributed by atoms with E-state index in [4.69, 9.17) is 5.73 Å². The van der Waals surface area contributed by atoms with Gasteiger partial charge >= 0.3 is 0 Å². The fourth-order valence-corrected chi connectivity index (χ4v) is 4.29. The number of nitrogens with one attached hydrogen (secondary N) is 2. The van der Waals surface area contributed by atoms with Crippen molar-refractivity contribution >= 4 is 34.6 Å². The average Bonchev–Trinajstić information content (AvgIpc) is 3.14. The second kappa shape index (κ2) is 9.18. The molecule has 7 nitrogen and oxygen atoms in total. The van der Waals surface area contributed by atoms with Crippen molar-refractivity contribution in [2.75, 3.05) is 11.4 Å². The van der Waals surface area contributed by atoms with Crippen LogP contribution < -0.4 is 16.1 Å². The maximum Gasteiger partial charge on any atom is 0.237 e. The number of aromatic nitrogens is 1. The molecule has 3 heterocycles. The van der Waals surface area contributed by atoms with Crippen LogP contribution in [0.5, 0.6) is 0 Å². The van der Waals surface area contributed by atoms with E-state index in [0.717, 1.165) is 52.8 Å². The van der Waals surface area contributed by atoms with Crippen LogP contribution in [0.25, 0.3) is 10.9 Å². The van der Waals surface area contributed by atoms with E-state index in [-0.39, 0.29) is 12.5 Å². The molecule has 2 aliphatic rings. The highest BCUT2D eigenvalue weighted by Gasteiger charge is 2.44. The quantitative estimate of drug-likeness (QED) is 0.654. The molecule has 0 saturated heterocycles. The largest absolute Gasteiger partial charge is 0.368 e. The summed E-state index contributed by atoms with van der Waals surface area (Å²) in [7, 11) is 0. The zero-order chi connectivity index (χ0) is 23.6. The highest BCUT2D eigenvalue weighted by molar-refractivity contribution is 6.12. The van der Waals surface area contributed by atoms with E-state index in [1.165, 1.54) is 22.5 Å². The number of hydrogen-bond acceptors (Lipinski definition) is 4. The molecule has 2 amide bonds. The van der Waals surface area contributed by atoms with Gasteiger partial charge < -0.3 is 15.6 Å². The van der Waals surface area contributed by atoms with E-state index < -0.39 is 11.3 Å². The number of benzene rings is 1. The van der Waals surface area contributed by atoms with E-state index in [0.29, 0.717) is 0 Å². The van der Waals surface area contributed by atoms with Crippen LogP contribution in [0.1, 0.15) is 77.6 Å². The Balaban J connectivity index is 0.000000913. The van der Waals surface area contributed by atoms with Gasteiger partial charge in [0.2, 0.25) is 11.8 Å². The van der Waals surface area contributed by atoms with E-state index in [2.05, 4.69) is 36.3 Å². The molecular formula is C25H35N5O2. The summed E-state index contributed by atoms with van der Waals surface area (Å²) in [4.78, 5) is 29.5. The first-order valence-corrected chi connectivity index (χ1v) is 11.4. The first-order valence-electron chi connectivity index (χ1n) is 11.4. The summed E-state index contributed by atoms with van der Waals surface area (Å²) < 4.78 is 0. The van der Waals surface area contributed by atoms with Gasteiger partial charge in [-0.3, -0.25) is 15.0 Å². The second-order valence-electron chi connectivity index (χ2n) is 9.25. The van der Waals surface area contributed by atoms with Crippen LogP contribution >= 0.6 is 0 Å². The number of carbonyl (C=O) groups excluding carboxylic acids is 2. The molecule has 0 unspecified atom stereocenters. The standard InChI is InChI=1S/C22H27N5O2.C3H8/c1-12-6-5-7-14-15-8-19-16(22(3,4)21(29)27(19)11-20(23)28)9-17(15)25-18(14)10-24-26-13(12)2;1-3-2/h8-10,25-26H,5-7,11H2,1-4H3,(H2,23,28);3H2,1-2H3/b13-12+,24-10+;.